The highest BCUT2D eigenvalue weighted by Gasteiger charge is 2.26. The number of amides is 2. The Balaban J connectivity index is 2.47. The largest absolute Gasteiger partial charge is 0.480 e. The van der Waals surface area contributed by atoms with Gasteiger partial charge < -0.3 is 20.1 Å². The van der Waals surface area contributed by atoms with Crippen molar-refractivity contribution in [2.75, 3.05) is 32.3 Å². The van der Waals surface area contributed by atoms with Crippen LogP contribution in [0.1, 0.15) is 19.3 Å². The molecule has 2 amide bonds. The SMILES string of the molecule is CSCC[C@H](NC(=O)N(C)C1CCOCC1)C(=O)O. The zero-order valence-electron chi connectivity index (χ0n) is 11.4. The summed E-state index contributed by atoms with van der Waals surface area (Å²) in [6.07, 6.45) is 3.94. The van der Waals surface area contributed by atoms with Crippen molar-refractivity contribution in [1.82, 2.24) is 10.2 Å². The molecule has 7 heteroatoms. The number of carbonyl (C=O) groups is 2. The van der Waals surface area contributed by atoms with E-state index in [4.69, 9.17) is 9.84 Å². The summed E-state index contributed by atoms with van der Waals surface area (Å²) in [6, 6.07) is -1.01. The molecule has 2 N–H and O–H groups in total. The Labute approximate surface area is 117 Å². The van der Waals surface area contributed by atoms with Crippen molar-refractivity contribution in [2.45, 2.75) is 31.3 Å². The molecule has 1 rings (SSSR count). The predicted octanol–water partition coefficient (Wildman–Crippen LogP) is 1.01. The molecule has 1 heterocycles. The average molecular weight is 290 g/mol. The van der Waals surface area contributed by atoms with E-state index in [1.54, 1.807) is 23.7 Å². The molecule has 1 atom stereocenters. The summed E-state index contributed by atoms with van der Waals surface area (Å²) in [5, 5.41) is 11.7. The van der Waals surface area contributed by atoms with Gasteiger partial charge in [0, 0.05) is 26.3 Å². The van der Waals surface area contributed by atoms with Crippen molar-refractivity contribution in [1.29, 1.82) is 0 Å². The minimum Gasteiger partial charge on any atom is -0.480 e. The maximum atomic E-state index is 12.0. The first kappa shape index (κ1) is 16.1. The molecule has 1 fully saturated rings. The van der Waals surface area contributed by atoms with Gasteiger partial charge in [-0.2, -0.15) is 11.8 Å². The second kappa shape index (κ2) is 8.27. The standard InChI is InChI=1S/C12H22N2O4S/c1-14(9-3-6-18-7-4-9)12(17)13-10(11(15)16)5-8-19-2/h9-10H,3-8H2,1-2H3,(H,13,17)(H,15,16)/t10-/m0/s1. The quantitative estimate of drug-likeness (QED) is 0.763. The second-order valence-electron chi connectivity index (χ2n) is 4.58. The number of rotatable bonds is 6. The van der Waals surface area contributed by atoms with Gasteiger partial charge in [0.15, 0.2) is 0 Å². The monoisotopic (exact) mass is 290 g/mol. The molecule has 110 valence electrons. The highest BCUT2D eigenvalue weighted by molar-refractivity contribution is 7.98. The Morgan fingerprint density at radius 2 is 2.11 bits per heavy atom. The molecule has 0 spiro atoms. The van der Waals surface area contributed by atoms with E-state index in [0.29, 0.717) is 25.4 Å². The normalized spacial score (nSPS) is 17.8. The van der Waals surface area contributed by atoms with Crippen molar-refractivity contribution >= 4 is 23.8 Å². The number of carboxylic acids is 1. The molecule has 19 heavy (non-hydrogen) atoms. The average Bonchev–Trinajstić information content (AvgIpc) is 2.43. The summed E-state index contributed by atoms with van der Waals surface area (Å²) >= 11 is 1.57. The Hall–Kier alpha value is -0.950. The number of ether oxygens (including phenoxy) is 1. The van der Waals surface area contributed by atoms with Gasteiger partial charge in [-0.15, -0.1) is 0 Å². The van der Waals surface area contributed by atoms with E-state index >= 15 is 0 Å². The van der Waals surface area contributed by atoms with Gasteiger partial charge in [0.1, 0.15) is 6.04 Å². The van der Waals surface area contributed by atoms with Crippen LogP contribution in [-0.4, -0.2) is 66.4 Å². The van der Waals surface area contributed by atoms with E-state index < -0.39 is 12.0 Å². The molecular formula is C12H22N2O4S. The molecule has 0 unspecified atom stereocenters. The Bertz CT molecular complexity index is 308. The van der Waals surface area contributed by atoms with Gasteiger partial charge in [0.25, 0.3) is 0 Å². The van der Waals surface area contributed by atoms with E-state index in [1.807, 2.05) is 6.26 Å². The number of carboxylic acid groups (broad SMARTS) is 1. The minimum absolute atomic E-state index is 0.128. The predicted molar refractivity (Wildman–Crippen MR) is 74.6 cm³/mol. The summed E-state index contributed by atoms with van der Waals surface area (Å²) in [5.41, 5.74) is 0. The molecule has 1 aliphatic heterocycles. The molecule has 0 aromatic carbocycles. The van der Waals surface area contributed by atoms with Crippen LogP contribution in [0.5, 0.6) is 0 Å². The molecule has 0 aromatic rings. The van der Waals surface area contributed by atoms with Gasteiger partial charge in [-0.25, -0.2) is 9.59 Å². The first-order valence-electron chi connectivity index (χ1n) is 6.39. The van der Waals surface area contributed by atoms with Crippen LogP contribution in [0.4, 0.5) is 4.79 Å². The van der Waals surface area contributed by atoms with Gasteiger partial charge in [-0.1, -0.05) is 0 Å². The van der Waals surface area contributed by atoms with Gasteiger partial charge >= 0.3 is 12.0 Å². The number of aliphatic carboxylic acids is 1. The molecule has 1 saturated heterocycles. The Morgan fingerprint density at radius 3 is 2.63 bits per heavy atom. The third-order valence-corrected chi connectivity index (χ3v) is 3.91. The van der Waals surface area contributed by atoms with Crippen LogP contribution in [0.2, 0.25) is 0 Å². The highest BCUT2D eigenvalue weighted by Crippen LogP contribution is 2.13. The van der Waals surface area contributed by atoms with Gasteiger partial charge in [-0.3, -0.25) is 0 Å². The molecule has 0 saturated carbocycles. The van der Waals surface area contributed by atoms with Crippen LogP contribution < -0.4 is 5.32 Å². The van der Waals surface area contributed by atoms with Crippen LogP contribution in [-0.2, 0) is 9.53 Å². The van der Waals surface area contributed by atoms with Crippen LogP contribution in [0, 0.1) is 0 Å². The zero-order valence-corrected chi connectivity index (χ0v) is 12.2. The topological polar surface area (TPSA) is 78.9 Å². The third kappa shape index (κ3) is 5.28. The van der Waals surface area contributed by atoms with Crippen molar-refractivity contribution in [3.63, 3.8) is 0 Å². The fraction of sp³-hybridized carbons (Fsp3) is 0.833. The smallest absolute Gasteiger partial charge is 0.326 e. The lowest BCUT2D eigenvalue weighted by Gasteiger charge is -2.32. The van der Waals surface area contributed by atoms with E-state index in [2.05, 4.69) is 5.32 Å². The van der Waals surface area contributed by atoms with Crippen LogP contribution >= 0.6 is 11.8 Å². The molecule has 0 radical (unpaired) electrons. The molecule has 0 aliphatic carbocycles. The van der Waals surface area contributed by atoms with Crippen molar-refractivity contribution in [3.8, 4) is 0 Å². The number of nitrogens with one attached hydrogen (secondary N) is 1. The van der Waals surface area contributed by atoms with Crippen molar-refractivity contribution < 1.29 is 19.4 Å². The third-order valence-electron chi connectivity index (χ3n) is 3.27. The molecule has 0 aromatic heterocycles. The lowest BCUT2D eigenvalue weighted by molar-refractivity contribution is -0.139. The summed E-state index contributed by atoms with van der Waals surface area (Å²) in [6.45, 7) is 1.30. The molecule has 6 nitrogen and oxygen atoms in total. The second-order valence-corrected chi connectivity index (χ2v) is 5.56. The number of hydrogen-bond acceptors (Lipinski definition) is 4. The summed E-state index contributed by atoms with van der Waals surface area (Å²) in [7, 11) is 1.71. The Kier molecular flexibility index (Phi) is 7.01. The van der Waals surface area contributed by atoms with Crippen LogP contribution in [0.15, 0.2) is 0 Å². The van der Waals surface area contributed by atoms with Crippen molar-refractivity contribution in [2.24, 2.45) is 0 Å². The fourth-order valence-corrected chi connectivity index (χ4v) is 2.45. The van der Waals surface area contributed by atoms with Gasteiger partial charge in [0.05, 0.1) is 0 Å². The summed E-state index contributed by atoms with van der Waals surface area (Å²) in [4.78, 5) is 24.7. The number of nitrogens with zero attached hydrogens (tertiary/aromatic N) is 1. The van der Waals surface area contributed by atoms with Crippen molar-refractivity contribution in [3.05, 3.63) is 0 Å². The van der Waals surface area contributed by atoms with E-state index in [9.17, 15) is 9.59 Å². The maximum Gasteiger partial charge on any atom is 0.326 e. The highest BCUT2D eigenvalue weighted by atomic mass is 32.2. The number of thioether (sulfide) groups is 1. The number of hydrogen-bond donors (Lipinski definition) is 2. The van der Waals surface area contributed by atoms with E-state index in [0.717, 1.165) is 12.8 Å². The summed E-state index contributed by atoms with van der Waals surface area (Å²) in [5.74, 6) is -0.277. The van der Waals surface area contributed by atoms with Crippen LogP contribution in [0.3, 0.4) is 0 Å². The summed E-state index contributed by atoms with van der Waals surface area (Å²) < 4.78 is 5.25. The Morgan fingerprint density at radius 1 is 1.47 bits per heavy atom. The van der Waals surface area contributed by atoms with E-state index in [1.165, 1.54) is 0 Å². The first-order valence-corrected chi connectivity index (χ1v) is 7.78. The number of carbonyl (C=O) groups excluding carboxylic acids is 1. The lowest BCUT2D eigenvalue weighted by Crippen LogP contribution is -2.51. The fourth-order valence-electron chi connectivity index (χ4n) is 1.98. The minimum atomic E-state index is -0.984. The lowest BCUT2D eigenvalue weighted by atomic mass is 10.1. The molecule has 0 bridgehead atoms. The molecule has 1 aliphatic rings. The van der Waals surface area contributed by atoms with Gasteiger partial charge in [-0.05, 0) is 31.3 Å². The van der Waals surface area contributed by atoms with Crippen LogP contribution in [0.25, 0.3) is 0 Å². The maximum absolute atomic E-state index is 12.0. The van der Waals surface area contributed by atoms with Gasteiger partial charge in [0.2, 0.25) is 0 Å². The first-order chi connectivity index (χ1) is 9.06. The zero-order chi connectivity index (χ0) is 14.3. The molecular weight excluding hydrogens is 268 g/mol. The van der Waals surface area contributed by atoms with E-state index in [-0.39, 0.29) is 12.1 Å². The number of urea groups is 1.